The van der Waals surface area contributed by atoms with Crippen LogP contribution in [-0.2, 0) is 33.8 Å². The molecule has 0 saturated carbocycles. The average molecular weight is 704 g/mol. The molecule has 0 atom stereocenters. The zero-order chi connectivity index (χ0) is 28.2. The van der Waals surface area contributed by atoms with E-state index in [1.165, 1.54) is 33.4 Å². The van der Waals surface area contributed by atoms with E-state index in [1.807, 2.05) is 0 Å². The van der Waals surface area contributed by atoms with Crippen molar-refractivity contribution in [3.05, 3.63) is 167 Å². The van der Waals surface area contributed by atoms with Crippen molar-refractivity contribution in [2.24, 2.45) is 0 Å². The zero-order valence-electron chi connectivity index (χ0n) is 24.9. The third-order valence-corrected chi connectivity index (χ3v) is 30.7. The number of hydrogen-bond donors (Lipinski definition) is 0. The van der Waals surface area contributed by atoms with E-state index in [2.05, 4.69) is 147 Å². The van der Waals surface area contributed by atoms with Crippen molar-refractivity contribution in [2.75, 3.05) is 0 Å². The van der Waals surface area contributed by atoms with Crippen LogP contribution in [-0.4, -0.2) is 5.92 Å². The molecule has 0 amide bonds. The molecule has 215 valence electrons. The fourth-order valence-corrected chi connectivity index (χ4v) is 31.2. The minimum atomic E-state index is -2.57. The minimum Gasteiger partial charge on any atom is -1.00 e. The summed E-state index contributed by atoms with van der Waals surface area (Å²) >= 11 is -2.57. The van der Waals surface area contributed by atoms with Crippen LogP contribution in [0.2, 0.25) is 0 Å². The number of hydrogen-bond acceptors (Lipinski definition) is 0. The van der Waals surface area contributed by atoms with E-state index in [-0.39, 0.29) is 24.8 Å². The molecule has 0 nitrogen and oxygen atoms in total. The van der Waals surface area contributed by atoms with E-state index in [0.717, 1.165) is 12.8 Å². The Morgan fingerprint density at radius 3 is 1.25 bits per heavy atom. The molecule has 0 unspecified atom stereocenters. The Labute approximate surface area is 282 Å². The Hall–Kier alpha value is -3.00. The molecule has 4 heteroatoms. The largest absolute Gasteiger partial charge is 1.00 e. The van der Waals surface area contributed by atoms with Gasteiger partial charge in [-0.25, -0.2) is 0 Å². The Balaban J connectivity index is 0.00000171. The van der Waals surface area contributed by atoms with Crippen molar-refractivity contribution >= 4 is 22.8 Å². The summed E-state index contributed by atoms with van der Waals surface area (Å²) in [5.74, 6) is -1.58. The Morgan fingerprint density at radius 2 is 0.818 bits per heavy atom. The second-order valence-corrected chi connectivity index (χ2v) is 26.4. The minimum absolute atomic E-state index is 0. The molecule has 0 radical (unpaired) electrons. The first-order valence-electron chi connectivity index (χ1n) is 15.1. The van der Waals surface area contributed by atoms with Gasteiger partial charge in [0.15, 0.2) is 0 Å². The molecule has 6 aromatic rings. The van der Waals surface area contributed by atoms with Gasteiger partial charge in [-0.1, -0.05) is 0 Å². The summed E-state index contributed by atoms with van der Waals surface area (Å²) < 4.78 is 3.40. The van der Waals surface area contributed by atoms with Crippen LogP contribution in [0.4, 0.5) is 0 Å². The third-order valence-electron chi connectivity index (χ3n) is 9.68. The molecule has 8 rings (SSSR count). The molecule has 2 aliphatic rings. The zero-order valence-corrected chi connectivity index (χ0v) is 30.1. The van der Waals surface area contributed by atoms with Crippen LogP contribution in [0.25, 0.3) is 22.3 Å². The maximum Gasteiger partial charge on any atom is -1.00 e. The maximum absolute atomic E-state index is 2.57. The van der Waals surface area contributed by atoms with Gasteiger partial charge >= 0.3 is 260 Å². The van der Waals surface area contributed by atoms with E-state index >= 15 is 0 Å². The predicted octanol–water partition coefficient (Wildman–Crippen LogP) is 0.561. The van der Waals surface area contributed by atoms with Gasteiger partial charge in [0.2, 0.25) is 0 Å². The SMILES string of the molecule is Cc1[c]([Zr+2]([c]2ccc3c(c2C)Cc2ccccc2-3)[SiH](c2ccccc2)c2ccccc2)ccc2c1Cc1ccccc1-2.[Cl-].[Cl-]. The van der Waals surface area contributed by atoms with Gasteiger partial charge in [-0.05, 0) is 0 Å². The summed E-state index contributed by atoms with van der Waals surface area (Å²) in [6.07, 6.45) is 2.12. The number of rotatable bonds is 5. The molecule has 44 heavy (non-hydrogen) atoms. The first-order valence-corrected chi connectivity index (χ1v) is 23.5. The molecule has 2 aliphatic carbocycles. The third kappa shape index (κ3) is 5.11. The number of benzene rings is 6. The molecular weight excluding hydrogens is 671 g/mol. The van der Waals surface area contributed by atoms with Crippen LogP contribution in [0.5, 0.6) is 0 Å². The van der Waals surface area contributed by atoms with Crippen molar-refractivity contribution in [1.29, 1.82) is 0 Å². The Morgan fingerprint density at radius 1 is 0.432 bits per heavy atom. The van der Waals surface area contributed by atoms with Crippen LogP contribution >= 0.6 is 0 Å². The molecular formula is C40H33Cl2SiZr. The summed E-state index contributed by atoms with van der Waals surface area (Å²) in [4.78, 5) is 0. The second kappa shape index (κ2) is 12.8. The van der Waals surface area contributed by atoms with Crippen molar-refractivity contribution < 1.29 is 45.7 Å². The summed E-state index contributed by atoms with van der Waals surface area (Å²) in [6, 6.07) is 51.3. The van der Waals surface area contributed by atoms with Crippen molar-refractivity contribution in [3.8, 4) is 22.3 Å². The monoisotopic (exact) mass is 701 g/mol. The molecule has 0 N–H and O–H groups in total. The van der Waals surface area contributed by atoms with E-state index in [9.17, 15) is 0 Å². The van der Waals surface area contributed by atoms with Crippen molar-refractivity contribution in [3.63, 3.8) is 0 Å². The van der Waals surface area contributed by atoms with E-state index < -0.39 is 26.8 Å². The summed E-state index contributed by atoms with van der Waals surface area (Å²) in [5.41, 5.74) is 15.0. The second-order valence-electron chi connectivity index (χ2n) is 11.9. The van der Waals surface area contributed by atoms with Gasteiger partial charge in [-0.2, -0.15) is 0 Å². The summed E-state index contributed by atoms with van der Waals surface area (Å²) in [7, 11) is 0. The molecule has 0 spiro atoms. The van der Waals surface area contributed by atoms with Gasteiger partial charge < -0.3 is 24.8 Å². The summed E-state index contributed by atoms with van der Waals surface area (Å²) in [6.45, 7) is 4.89. The van der Waals surface area contributed by atoms with Crippen molar-refractivity contribution in [1.82, 2.24) is 0 Å². The first-order chi connectivity index (χ1) is 20.7. The molecule has 0 aliphatic heterocycles. The number of halogens is 2. The van der Waals surface area contributed by atoms with E-state index in [4.69, 9.17) is 0 Å². The Bertz CT molecular complexity index is 1830. The molecule has 0 saturated heterocycles. The van der Waals surface area contributed by atoms with Gasteiger partial charge in [0.25, 0.3) is 0 Å². The smallest absolute Gasteiger partial charge is 1.00 e. The van der Waals surface area contributed by atoms with E-state index in [0.29, 0.717) is 0 Å². The van der Waals surface area contributed by atoms with Gasteiger partial charge in [-0.3, -0.25) is 0 Å². The quantitative estimate of drug-likeness (QED) is 0.230. The van der Waals surface area contributed by atoms with Crippen LogP contribution in [0, 0.1) is 13.8 Å². The first kappa shape index (κ1) is 31.0. The van der Waals surface area contributed by atoms with Crippen LogP contribution in [0.15, 0.2) is 133 Å². The van der Waals surface area contributed by atoms with Crippen LogP contribution in [0.1, 0.15) is 33.4 Å². The van der Waals surface area contributed by atoms with Crippen LogP contribution in [0.3, 0.4) is 0 Å². The standard InChI is InChI=1S/2C14H11.C12H11Si.2ClH.Zr/c2*1-10-5-4-8-13-12-7-3-2-6-11(12)9-14(10)13;1-3-7-11(8-4-1)13-12-9-5-2-6-10-12;;;/h2*2-4,6-8H,9H2,1H3;1-10,13H;2*1H;/q;;;;;+2/p-2. The molecule has 0 bridgehead atoms. The van der Waals surface area contributed by atoms with Crippen LogP contribution < -0.4 is 41.7 Å². The normalized spacial score (nSPS) is 12.0. The van der Waals surface area contributed by atoms with Crippen molar-refractivity contribution in [2.45, 2.75) is 26.7 Å². The topological polar surface area (TPSA) is 0 Å². The van der Waals surface area contributed by atoms with Gasteiger partial charge in [0.1, 0.15) is 0 Å². The van der Waals surface area contributed by atoms with E-state index in [1.54, 1.807) is 39.2 Å². The fraction of sp³-hybridized carbons (Fsp3) is 0.100. The summed E-state index contributed by atoms with van der Waals surface area (Å²) in [5, 5.41) is 3.17. The molecule has 0 heterocycles. The fourth-order valence-electron chi connectivity index (χ4n) is 7.59. The Kier molecular flexibility index (Phi) is 9.00. The predicted molar refractivity (Wildman–Crippen MR) is 177 cm³/mol. The van der Waals surface area contributed by atoms with Gasteiger partial charge in [0, 0.05) is 0 Å². The maximum atomic E-state index is 2.57. The molecule has 0 fully saturated rings. The van der Waals surface area contributed by atoms with Gasteiger partial charge in [-0.15, -0.1) is 0 Å². The number of fused-ring (bicyclic) bond motifs is 6. The molecule has 0 aromatic heterocycles. The average Bonchev–Trinajstić information content (AvgIpc) is 3.62. The molecule has 6 aromatic carbocycles. The van der Waals surface area contributed by atoms with Gasteiger partial charge in [0.05, 0.1) is 0 Å².